The minimum atomic E-state index is 0.276. The molecule has 0 aliphatic carbocycles. The lowest BCUT2D eigenvalue weighted by Crippen LogP contribution is -2.50. The third-order valence-corrected chi connectivity index (χ3v) is 5.69. The van der Waals surface area contributed by atoms with Gasteiger partial charge in [0.15, 0.2) is 0 Å². The third-order valence-electron chi connectivity index (χ3n) is 5.69. The zero-order valence-corrected chi connectivity index (χ0v) is 17.0. The maximum Gasteiger partial charge on any atom is 0.241 e. The number of aromatic nitrogens is 2. The van der Waals surface area contributed by atoms with Crippen molar-refractivity contribution in [1.29, 1.82) is 0 Å². The molecule has 0 atom stereocenters. The first-order valence-electron chi connectivity index (χ1n) is 10.4. The highest BCUT2D eigenvalue weighted by Gasteiger charge is 2.23. The van der Waals surface area contributed by atoms with E-state index in [9.17, 15) is 4.79 Å². The summed E-state index contributed by atoms with van der Waals surface area (Å²) in [5.41, 5.74) is 0.875. The molecule has 0 spiro atoms. The van der Waals surface area contributed by atoms with Gasteiger partial charge in [0.2, 0.25) is 17.6 Å². The number of methoxy groups -OCH3 is 1. The normalized spacial score (nSPS) is 18.7. The van der Waals surface area contributed by atoms with Gasteiger partial charge in [-0.15, -0.1) is 0 Å². The summed E-state index contributed by atoms with van der Waals surface area (Å²) < 4.78 is 10.7. The molecule has 2 aromatic rings. The molecule has 2 fully saturated rings. The maximum absolute atomic E-state index is 12.5. The topological polar surface area (TPSA) is 74.9 Å². The van der Waals surface area contributed by atoms with Crippen LogP contribution in [-0.2, 0) is 11.3 Å². The molecule has 8 nitrogen and oxygen atoms in total. The standard InChI is InChI=1S/C21H29N5O3/c1-28-18-7-5-6-17(14-18)21-22-19(29-23-21)15-24-10-12-25(13-11-24)16-20(27)26-8-3-2-4-9-26/h5-7,14H,2-4,8-13,15-16H2,1H3. The van der Waals surface area contributed by atoms with Gasteiger partial charge in [0.1, 0.15) is 5.75 Å². The Bertz CT molecular complexity index is 810. The van der Waals surface area contributed by atoms with E-state index in [1.807, 2.05) is 29.2 Å². The van der Waals surface area contributed by atoms with Crippen LogP contribution in [0.3, 0.4) is 0 Å². The summed E-state index contributed by atoms with van der Waals surface area (Å²) >= 11 is 0. The van der Waals surface area contributed by atoms with E-state index in [1.54, 1.807) is 7.11 Å². The molecule has 1 aromatic heterocycles. The van der Waals surface area contributed by atoms with Crippen LogP contribution in [0.4, 0.5) is 0 Å². The number of likely N-dealkylation sites (tertiary alicyclic amines) is 1. The van der Waals surface area contributed by atoms with Gasteiger partial charge in [0.25, 0.3) is 0 Å². The second-order valence-corrected chi connectivity index (χ2v) is 7.74. The number of carbonyl (C=O) groups excluding carboxylic acids is 1. The Morgan fingerprint density at radius 1 is 1.07 bits per heavy atom. The number of rotatable bonds is 6. The predicted molar refractivity (Wildman–Crippen MR) is 108 cm³/mol. The molecule has 0 saturated carbocycles. The summed E-state index contributed by atoms with van der Waals surface area (Å²) in [4.78, 5) is 23.6. The fourth-order valence-corrected chi connectivity index (χ4v) is 3.93. The van der Waals surface area contributed by atoms with E-state index in [-0.39, 0.29) is 5.91 Å². The number of nitrogens with zero attached hydrogens (tertiary/aromatic N) is 5. The summed E-state index contributed by atoms with van der Waals surface area (Å²) in [7, 11) is 1.64. The number of hydrogen-bond acceptors (Lipinski definition) is 7. The average Bonchev–Trinajstić information content (AvgIpc) is 3.24. The Hall–Kier alpha value is -2.45. The summed E-state index contributed by atoms with van der Waals surface area (Å²) in [6.07, 6.45) is 3.53. The molecule has 2 aliphatic heterocycles. The van der Waals surface area contributed by atoms with Crippen LogP contribution in [0.15, 0.2) is 28.8 Å². The van der Waals surface area contributed by atoms with Gasteiger partial charge in [-0.05, 0) is 31.4 Å². The first-order chi connectivity index (χ1) is 14.2. The second-order valence-electron chi connectivity index (χ2n) is 7.74. The Kier molecular flexibility index (Phi) is 6.41. The number of hydrogen-bond donors (Lipinski definition) is 0. The van der Waals surface area contributed by atoms with Gasteiger partial charge in [-0.2, -0.15) is 4.98 Å². The van der Waals surface area contributed by atoms with Gasteiger partial charge < -0.3 is 14.2 Å². The van der Waals surface area contributed by atoms with Crippen molar-refractivity contribution >= 4 is 5.91 Å². The largest absolute Gasteiger partial charge is 0.497 e. The number of benzene rings is 1. The summed E-state index contributed by atoms with van der Waals surface area (Å²) in [5, 5.41) is 4.10. The Morgan fingerprint density at radius 2 is 1.83 bits per heavy atom. The monoisotopic (exact) mass is 399 g/mol. The molecule has 0 N–H and O–H groups in total. The summed E-state index contributed by atoms with van der Waals surface area (Å²) in [6, 6.07) is 7.64. The van der Waals surface area contributed by atoms with Gasteiger partial charge >= 0.3 is 0 Å². The van der Waals surface area contributed by atoms with E-state index in [0.717, 1.165) is 63.4 Å². The van der Waals surface area contributed by atoms with Crippen LogP contribution in [0.2, 0.25) is 0 Å². The van der Waals surface area contributed by atoms with Crippen LogP contribution in [0.5, 0.6) is 5.75 Å². The molecule has 2 aliphatic rings. The molecule has 3 heterocycles. The number of amides is 1. The number of piperidine rings is 1. The highest BCUT2D eigenvalue weighted by molar-refractivity contribution is 5.78. The third kappa shape index (κ3) is 5.13. The second kappa shape index (κ2) is 9.37. The van der Waals surface area contributed by atoms with Crippen LogP contribution in [-0.4, -0.2) is 83.7 Å². The van der Waals surface area contributed by atoms with Crippen molar-refractivity contribution in [1.82, 2.24) is 24.8 Å². The van der Waals surface area contributed by atoms with Crippen LogP contribution in [0, 0.1) is 0 Å². The molecule has 0 unspecified atom stereocenters. The predicted octanol–water partition coefficient (Wildman–Crippen LogP) is 1.88. The van der Waals surface area contributed by atoms with Crippen molar-refractivity contribution in [3.05, 3.63) is 30.2 Å². The first kappa shape index (κ1) is 19.8. The van der Waals surface area contributed by atoms with Gasteiger partial charge in [0, 0.05) is 44.8 Å². The number of carbonyl (C=O) groups is 1. The van der Waals surface area contributed by atoms with Gasteiger partial charge in [-0.3, -0.25) is 14.6 Å². The minimum Gasteiger partial charge on any atom is -0.497 e. The number of piperazine rings is 1. The van der Waals surface area contributed by atoms with Gasteiger partial charge in [0.05, 0.1) is 20.2 Å². The minimum absolute atomic E-state index is 0.276. The molecule has 4 rings (SSSR count). The molecule has 0 radical (unpaired) electrons. The van der Waals surface area contributed by atoms with Crippen LogP contribution in [0.25, 0.3) is 11.4 Å². The van der Waals surface area contributed by atoms with Crippen LogP contribution >= 0.6 is 0 Å². The van der Waals surface area contributed by atoms with Gasteiger partial charge in [-0.25, -0.2) is 0 Å². The highest BCUT2D eigenvalue weighted by Crippen LogP contribution is 2.21. The van der Waals surface area contributed by atoms with E-state index in [1.165, 1.54) is 6.42 Å². The molecule has 156 valence electrons. The van der Waals surface area contributed by atoms with Crippen LogP contribution in [0.1, 0.15) is 25.2 Å². The van der Waals surface area contributed by atoms with E-state index in [0.29, 0.717) is 24.8 Å². The highest BCUT2D eigenvalue weighted by atomic mass is 16.5. The SMILES string of the molecule is COc1cccc(-c2noc(CN3CCN(CC(=O)N4CCCCC4)CC3)n2)c1. The molecule has 0 bridgehead atoms. The lowest BCUT2D eigenvalue weighted by Gasteiger charge is -2.35. The van der Waals surface area contributed by atoms with E-state index in [2.05, 4.69) is 19.9 Å². The summed E-state index contributed by atoms with van der Waals surface area (Å²) in [6.45, 7) is 6.57. The quantitative estimate of drug-likeness (QED) is 0.734. The van der Waals surface area contributed by atoms with Crippen molar-refractivity contribution in [2.45, 2.75) is 25.8 Å². The Labute approximate surface area is 171 Å². The average molecular weight is 399 g/mol. The molecule has 2 saturated heterocycles. The fraction of sp³-hybridized carbons (Fsp3) is 0.571. The van der Waals surface area contributed by atoms with Crippen molar-refractivity contribution < 1.29 is 14.1 Å². The molecular weight excluding hydrogens is 370 g/mol. The van der Waals surface area contributed by atoms with E-state index < -0.39 is 0 Å². The molecule has 1 aromatic carbocycles. The van der Waals surface area contributed by atoms with Crippen molar-refractivity contribution in [3.8, 4) is 17.1 Å². The fourth-order valence-electron chi connectivity index (χ4n) is 3.93. The first-order valence-corrected chi connectivity index (χ1v) is 10.4. The Morgan fingerprint density at radius 3 is 2.59 bits per heavy atom. The van der Waals surface area contributed by atoms with Crippen LogP contribution < -0.4 is 4.74 Å². The molecular formula is C21H29N5O3. The van der Waals surface area contributed by atoms with Gasteiger partial charge in [-0.1, -0.05) is 17.3 Å². The maximum atomic E-state index is 12.5. The molecule has 1 amide bonds. The molecule has 8 heteroatoms. The zero-order valence-electron chi connectivity index (χ0n) is 17.0. The summed E-state index contributed by atoms with van der Waals surface area (Å²) in [5.74, 6) is 2.23. The van der Waals surface area contributed by atoms with Crippen molar-refractivity contribution in [2.24, 2.45) is 0 Å². The Balaban J connectivity index is 1.25. The zero-order chi connectivity index (χ0) is 20.1. The molecule has 29 heavy (non-hydrogen) atoms. The lowest BCUT2D eigenvalue weighted by molar-refractivity contribution is -0.133. The van der Waals surface area contributed by atoms with Crippen molar-refractivity contribution in [2.75, 3.05) is 52.9 Å². The van der Waals surface area contributed by atoms with E-state index >= 15 is 0 Å². The number of ether oxygens (including phenoxy) is 1. The van der Waals surface area contributed by atoms with E-state index in [4.69, 9.17) is 9.26 Å². The van der Waals surface area contributed by atoms with Crippen molar-refractivity contribution in [3.63, 3.8) is 0 Å². The lowest BCUT2D eigenvalue weighted by atomic mass is 10.1. The smallest absolute Gasteiger partial charge is 0.241 e.